The SMILES string of the molecule is CCOC(=O)[C@H]1[C@@H](c2ccc3c(c2)CCO3)CN[C@H]1c1ccc(OC)c(F)c1. The summed E-state index contributed by atoms with van der Waals surface area (Å²) in [6.45, 7) is 3.41. The summed E-state index contributed by atoms with van der Waals surface area (Å²) in [7, 11) is 1.43. The number of nitrogens with one attached hydrogen (secondary N) is 1. The van der Waals surface area contributed by atoms with Crippen LogP contribution in [0.3, 0.4) is 0 Å². The Kier molecular flexibility index (Phi) is 5.22. The molecule has 1 fully saturated rings. The molecular formula is C22H24FNO4. The molecule has 2 aliphatic heterocycles. The molecule has 2 heterocycles. The molecule has 2 aromatic carbocycles. The molecule has 2 aromatic rings. The first-order valence-corrected chi connectivity index (χ1v) is 9.61. The number of ether oxygens (including phenoxy) is 3. The summed E-state index contributed by atoms with van der Waals surface area (Å²) in [4.78, 5) is 12.8. The molecule has 28 heavy (non-hydrogen) atoms. The maximum Gasteiger partial charge on any atom is 0.311 e. The van der Waals surface area contributed by atoms with Gasteiger partial charge in [0.05, 0.1) is 26.2 Å². The lowest BCUT2D eigenvalue weighted by atomic mass is 9.82. The van der Waals surface area contributed by atoms with Gasteiger partial charge in [0.2, 0.25) is 0 Å². The number of esters is 1. The van der Waals surface area contributed by atoms with Crippen LogP contribution in [0.1, 0.15) is 35.6 Å². The van der Waals surface area contributed by atoms with Gasteiger partial charge in [0.1, 0.15) is 5.75 Å². The molecular weight excluding hydrogens is 361 g/mol. The van der Waals surface area contributed by atoms with Crippen molar-refractivity contribution in [3.05, 3.63) is 58.9 Å². The highest BCUT2D eigenvalue weighted by Crippen LogP contribution is 2.42. The second-order valence-corrected chi connectivity index (χ2v) is 7.13. The topological polar surface area (TPSA) is 56.8 Å². The van der Waals surface area contributed by atoms with Gasteiger partial charge in [0, 0.05) is 24.9 Å². The standard InChI is InChI=1S/C22H24FNO4/c1-3-27-22(25)20-16(13-4-6-18-14(10-13)8-9-28-18)12-24-21(20)15-5-7-19(26-2)17(23)11-15/h4-7,10-11,16,20-21,24H,3,8-9,12H2,1-2H3/t16-,20+,21+/m1/s1. The normalized spacial score (nSPS) is 23.2. The van der Waals surface area contributed by atoms with Gasteiger partial charge in [-0.05, 0) is 41.8 Å². The van der Waals surface area contributed by atoms with Gasteiger partial charge in [0.15, 0.2) is 11.6 Å². The largest absolute Gasteiger partial charge is 0.494 e. The Morgan fingerprint density at radius 1 is 1.25 bits per heavy atom. The number of fused-ring (bicyclic) bond motifs is 1. The fourth-order valence-corrected chi connectivity index (χ4v) is 4.24. The van der Waals surface area contributed by atoms with E-state index in [2.05, 4.69) is 11.4 Å². The molecule has 4 rings (SSSR count). The average Bonchev–Trinajstić information content (AvgIpc) is 3.34. The number of carbonyl (C=O) groups is 1. The Balaban J connectivity index is 1.68. The van der Waals surface area contributed by atoms with Crippen LogP contribution in [0.25, 0.3) is 0 Å². The first kappa shape index (κ1) is 18.7. The zero-order valence-electron chi connectivity index (χ0n) is 16.0. The summed E-state index contributed by atoms with van der Waals surface area (Å²) < 4.78 is 30.2. The third-order valence-electron chi connectivity index (χ3n) is 5.59. The fraction of sp³-hybridized carbons (Fsp3) is 0.409. The van der Waals surface area contributed by atoms with Crippen molar-refractivity contribution in [1.82, 2.24) is 5.32 Å². The zero-order chi connectivity index (χ0) is 19.7. The number of carbonyl (C=O) groups excluding carboxylic acids is 1. The Morgan fingerprint density at radius 2 is 2.07 bits per heavy atom. The number of hydrogen-bond donors (Lipinski definition) is 1. The predicted octanol–water partition coefficient (Wildman–Crippen LogP) is 3.38. The van der Waals surface area contributed by atoms with Crippen LogP contribution in [0.15, 0.2) is 36.4 Å². The average molecular weight is 385 g/mol. The highest BCUT2D eigenvalue weighted by atomic mass is 19.1. The van der Waals surface area contributed by atoms with Gasteiger partial charge in [-0.15, -0.1) is 0 Å². The third kappa shape index (κ3) is 3.33. The molecule has 1 saturated heterocycles. The Hall–Kier alpha value is -2.60. The minimum atomic E-state index is -0.442. The van der Waals surface area contributed by atoms with E-state index in [4.69, 9.17) is 14.2 Å². The second kappa shape index (κ2) is 7.80. The van der Waals surface area contributed by atoms with Gasteiger partial charge in [-0.2, -0.15) is 0 Å². The third-order valence-corrected chi connectivity index (χ3v) is 5.59. The lowest BCUT2D eigenvalue weighted by Gasteiger charge is -2.23. The van der Waals surface area contributed by atoms with Gasteiger partial charge in [-0.1, -0.05) is 18.2 Å². The van der Waals surface area contributed by atoms with Crippen molar-refractivity contribution in [3.63, 3.8) is 0 Å². The molecule has 0 spiro atoms. The molecule has 0 amide bonds. The van der Waals surface area contributed by atoms with Crippen LogP contribution in [-0.4, -0.2) is 32.8 Å². The summed E-state index contributed by atoms with van der Waals surface area (Å²) in [6, 6.07) is 10.6. The summed E-state index contributed by atoms with van der Waals surface area (Å²) in [5.41, 5.74) is 2.95. The van der Waals surface area contributed by atoms with Gasteiger partial charge in [-0.25, -0.2) is 4.39 Å². The van der Waals surface area contributed by atoms with E-state index in [0.717, 1.165) is 17.7 Å². The highest BCUT2D eigenvalue weighted by molar-refractivity contribution is 5.76. The van der Waals surface area contributed by atoms with E-state index in [-0.39, 0.29) is 23.7 Å². The van der Waals surface area contributed by atoms with E-state index in [1.807, 2.05) is 12.1 Å². The minimum Gasteiger partial charge on any atom is -0.494 e. The maximum absolute atomic E-state index is 14.3. The van der Waals surface area contributed by atoms with Crippen LogP contribution in [0.5, 0.6) is 11.5 Å². The molecule has 148 valence electrons. The predicted molar refractivity (Wildman–Crippen MR) is 102 cm³/mol. The molecule has 0 unspecified atom stereocenters. The summed E-state index contributed by atoms with van der Waals surface area (Å²) in [5, 5.41) is 3.40. The number of benzene rings is 2. The van der Waals surface area contributed by atoms with Crippen LogP contribution >= 0.6 is 0 Å². The van der Waals surface area contributed by atoms with Crippen molar-refractivity contribution in [1.29, 1.82) is 0 Å². The molecule has 0 aromatic heterocycles. The van der Waals surface area contributed by atoms with Crippen molar-refractivity contribution in [2.45, 2.75) is 25.3 Å². The van der Waals surface area contributed by atoms with Gasteiger partial charge in [0.25, 0.3) is 0 Å². The molecule has 5 nitrogen and oxygen atoms in total. The Morgan fingerprint density at radius 3 is 2.82 bits per heavy atom. The number of rotatable bonds is 5. The van der Waals surface area contributed by atoms with E-state index in [0.29, 0.717) is 25.3 Å². The lowest BCUT2D eigenvalue weighted by Crippen LogP contribution is -2.27. The van der Waals surface area contributed by atoms with Crippen LogP contribution in [-0.2, 0) is 16.0 Å². The first-order valence-electron chi connectivity index (χ1n) is 9.61. The van der Waals surface area contributed by atoms with Crippen LogP contribution in [0, 0.1) is 11.7 Å². The van der Waals surface area contributed by atoms with Crippen LogP contribution in [0.2, 0.25) is 0 Å². The molecule has 1 N–H and O–H groups in total. The van der Waals surface area contributed by atoms with Crippen molar-refractivity contribution in [2.24, 2.45) is 5.92 Å². The van der Waals surface area contributed by atoms with E-state index in [9.17, 15) is 9.18 Å². The van der Waals surface area contributed by atoms with Crippen molar-refractivity contribution in [3.8, 4) is 11.5 Å². The van der Waals surface area contributed by atoms with Crippen LogP contribution in [0.4, 0.5) is 4.39 Å². The number of halogens is 1. The maximum atomic E-state index is 14.3. The first-order chi connectivity index (χ1) is 13.6. The highest BCUT2D eigenvalue weighted by Gasteiger charge is 2.43. The second-order valence-electron chi connectivity index (χ2n) is 7.13. The lowest BCUT2D eigenvalue weighted by molar-refractivity contribution is -0.148. The number of methoxy groups -OCH3 is 1. The molecule has 0 radical (unpaired) electrons. The molecule has 3 atom stereocenters. The van der Waals surface area contributed by atoms with E-state index >= 15 is 0 Å². The van der Waals surface area contributed by atoms with Gasteiger partial charge < -0.3 is 19.5 Å². The minimum absolute atomic E-state index is 0.0555. The Labute approximate surface area is 163 Å². The van der Waals surface area contributed by atoms with E-state index < -0.39 is 11.7 Å². The molecule has 6 heteroatoms. The van der Waals surface area contributed by atoms with Gasteiger partial charge in [-0.3, -0.25) is 4.79 Å². The quantitative estimate of drug-likeness (QED) is 0.800. The fourth-order valence-electron chi connectivity index (χ4n) is 4.24. The summed E-state index contributed by atoms with van der Waals surface area (Å²) >= 11 is 0. The van der Waals surface area contributed by atoms with Crippen molar-refractivity contribution < 1.29 is 23.4 Å². The van der Waals surface area contributed by atoms with Crippen molar-refractivity contribution in [2.75, 3.05) is 26.9 Å². The molecule has 0 aliphatic carbocycles. The number of hydrogen-bond acceptors (Lipinski definition) is 5. The molecule has 0 bridgehead atoms. The zero-order valence-corrected chi connectivity index (χ0v) is 16.0. The summed E-state index contributed by atoms with van der Waals surface area (Å²) in [6.07, 6.45) is 0.876. The van der Waals surface area contributed by atoms with Gasteiger partial charge >= 0.3 is 5.97 Å². The molecule has 0 saturated carbocycles. The Bertz CT molecular complexity index is 885. The van der Waals surface area contributed by atoms with Crippen molar-refractivity contribution >= 4 is 5.97 Å². The van der Waals surface area contributed by atoms with E-state index in [1.165, 1.54) is 18.7 Å². The van der Waals surface area contributed by atoms with E-state index in [1.54, 1.807) is 19.1 Å². The van der Waals surface area contributed by atoms with Crippen LogP contribution < -0.4 is 14.8 Å². The smallest absolute Gasteiger partial charge is 0.311 e. The summed E-state index contributed by atoms with van der Waals surface area (Å²) in [5.74, 6) is -0.105. The monoisotopic (exact) mass is 385 g/mol. The molecule has 2 aliphatic rings.